The number of hydrogen-bond acceptors (Lipinski definition) is 4. The van der Waals surface area contributed by atoms with Crippen molar-refractivity contribution < 1.29 is 9.52 Å². The zero-order valence-corrected chi connectivity index (χ0v) is 23.9. The molecule has 0 bridgehead atoms. The van der Waals surface area contributed by atoms with Gasteiger partial charge in [0.1, 0.15) is 11.3 Å². The summed E-state index contributed by atoms with van der Waals surface area (Å²) in [6.07, 6.45) is 1.94. The highest BCUT2D eigenvalue weighted by molar-refractivity contribution is 5.96. The van der Waals surface area contributed by atoms with Crippen molar-refractivity contribution in [2.24, 2.45) is 0 Å². The molecule has 0 unspecified atom stereocenters. The van der Waals surface area contributed by atoms with E-state index in [2.05, 4.69) is 96.1 Å². The number of benzene rings is 4. The van der Waals surface area contributed by atoms with Crippen LogP contribution in [-0.2, 0) is 10.8 Å². The molecule has 0 radical (unpaired) electrons. The van der Waals surface area contributed by atoms with E-state index in [0.29, 0.717) is 17.0 Å². The number of pyridine rings is 1. The maximum atomic E-state index is 10.5. The molecule has 200 valence electrons. The molecular formula is C36H34N2O2. The molecule has 4 heteroatoms. The van der Waals surface area contributed by atoms with Crippen molar-refractivity contribution in [3.05, 3.63) is 102 Å². The fraction of sp³-hybridized carbons (Fsp3) is 0.222. The van der Waals surface area contributed by atoms with Crippen LogP contribution in [0.3, 0.4) is 0 Å². The summed E-state index contributed by atoms with van der Waals surface area (Å²) in [4.78, 5) is 9.78. The lowest BCUT2D eigenvalue weighted by atomic mass is 9.79. The largest absolute Gasteiger partial charge is 0.507 e. The van der Waals surface area contributed by atoms with E-state index < -0.39 is 0 Å². The average Bonchev–Trinajstić information content (AvgIpc) is 3.35. The van der Waals surface area contributed by atoms with Crippen LogP contribution in [0.15, 0.2) is 95.5 Å². The molecule has 6 rings (SSSR count). The molecule has 0 spiro atoms. The van der Waals surface area contributed by atoms with Crippen LogP contribution in [0.4, 0.5) is 0 Å². The minimum atomic E-state index is -0.112. The van der Waals surface area contributed by atoms with Gasteiger partial charge in [0.05, 0.1) is 11.3 Å². The van der Waals surface area contributed by atoms with Crippen LogP contribution in [0.1, 0.15) is 52.7 Å². The summed E-state index contributed by atoms with van der Waals surface area (Å²) >= 11 is 0. The molecule has 4 aromatic carbocycles. The molecule has 40 heavy (non-hydrogen) atoms. The van der Waals surface area contributed by atoms with E-state index in [0.717, 1.165) is 44.2 Å². The van der Waals surface area contributed by atoms with Crippen molar-refractivity contribution in [3.63, 3.8) is 0 Å². The maximum absolute atomic E-state index is 10.5. The maximum Gasteiger partial charge on any atom is 0.231 e. The SMILES string of the molecule is CC(C)(C)c1cc(-c2cc(-c3cc4ccccc4cn3)ccc2C(C)(C)C)c2nc(-c3ccccc3O)oc2c1. The Labute approximate surface area is 235 Å². The van der Waals surface area contributed by atoms with E-state index in [1.54, 1.807) is 12.1 Å². The molecule has 1 N–H and O–H groups in total. The van der Waals surface area contributed by atoms with Gasteiger partial charge in [0.15, 0.2) is 5.58 Å². The van der Waals surface area contributed by atoms with E-state index in [9.17, 15) is 5.11 Å². The van der Waals surface area contributed by atoms with Gasteiger partial charge in [-0.05, 0) is 69.3 Å². The molecule has 0 aliphatic heterocycles. The van der Waals surface area contributed by atoms with Crippen molar-refractivity contribution >= 4 is 21.9 Å². The van der Waals surface area contributed by atoms with Crippen molar-refractivity contribution in [1.29, 1.82) is 0 Å². The van der Waals surface area contributed by atoms with Gasteiger partial charge in [0.2, 0.25) is 5.89 Å². The summed E-state index contributed by atoms with van der Waals surface area (Å²) in [5.74, 6) is 0.552. The number of oxazole rings is 1. The third-order valence-electron chi connectivity index (χ3n) is 7.54. The first-order valence-electron chi connectivity index (χ1n) is 13.7. The van der Waals surface area contributed by atoms with E-state index >= 15 is 0 Å². The van der Waals surface area contributed by atoms with Gasteiger partial charge in [-0.15, -0.1) is 0 Å². The third-order valence-corrected chi connectivity index (χ3v) is 7.54. The van der Waals surface area contributed by atoms with Crippen LogP contribution in [-0.4, -0.2) is 15.1 Å². The Hall–Kier alpha value is -4.44. The minimum Gasteiger partial charge on any atom is -0.507 e. The molecule has 0 amide bonds. The number of para-hydroxylation sites is 1. The summed E-state index contributed by atoms with van der Waals surface area (Å²) in [6, 6.07) is 28.6. The van der Waals surface area contributed by atoms with Crippen molar-refractivity contribution in [3.8, 4) is 39.6 Å². The summed E-state index contributed by atoms with van der Waals surface area (Å²) in [7, 11) is 0. The lowest BCUT2D eigenvalue weighted by Crippen LogP contribution is -2.14. The van der Waals surface area contributed by atoms with E-state index in [1.807, 2.05) is 24.4 Å². The quantitative estimate of drug-likeness (QED) is 0.249. The summed E-state index contributed by atoms with van der Waals surface area (Å²) in [6.45, 7) is 13.3. The van der Waals surface area contributed by atoms with Gasteiger partial charge in [-0.3, -0.25) is 4.98 Å². The summed E-state index contributed by atoms with van der Waals surface area (Å²) in [5.41, 5.74) is 8.31. The number of aromatic hydroxyl groups is 1. The number of rotatable bonds is 3. The lowest BCUT2D eigenvalue weighted by Gasteiger charge is -2.25. The van der Waals surface area contributed by atoms with Gasteiger partial charge >= 0.3 is 0 Å². The van der Waals surface area contributed by atoms with E-state index in [-0.39, 0.29) is 16.6 Å². The topological polar surface area (TPSA) is 59.2 Å². The number of aromatic nitrogens is 2. The molecule has 4 nitrogen and oxygen atoms in total. The molecule has 0 aliphatic rings. The zero-order chi connectivity index (χ0) is 28.2. The molecule has 0 saturated heterocycles. The number of fused-ring (bicyclic) bond motifs is 2. The van der Waals surface area contributed by atoms with Gasteiger partial charge < -0.3 is 9.52 Å². The zero-order valence-electron chi connectivity index (χ0n) is 23.9. The average molecular weight is 527 g/mol. The van der Waals surface area contributed by atoms with Gasteiger partial charge in [-0.2, -0.15) is 0 Å². The fourth-order valence-corrected chi connectivity index (χ4v) is 5.26. The van der Waals surface area contributed by atoms with Gasteiger partial charge in [0, 0.05) is 22.7 Å². The standard InChI is InChI=1S/C36H34N2O2/c1-35(2,3)25-19-28(33-32(20-25)40-34(38-33)26-13-9-10-14-31(26)39)27-17-23(15-16-29(27)36(4,5)6)30-18-22-11-7-8-12-24(22)21-37-30/h7-21,39H,1-6H3. The van der Waals surface area contributed by atoms with Crippen molar-refractivity contribution in [1.82, 2.24) is 9.97 Å². The molecule has 2 aromatic heterocycles. The molecule has 0 aliphatic carbocycles. The molecule has 6 aromatic rings. The molecule has 0 saturated carbocycles. The number of phenolic OH excluding ortho intramolecular Hbond substituents is 1. The second-order valence-corrected chi connectivity index (χ2v) is 12.6. The fourth-order valence-electron chi connectivity index (χ4n) is 5.26. The second kappa shape index (κ2) is 9.34. The smallest absolute Gasteiger partial charge is 0.231 e. The Morgan fingerprint density at radius 3 is 2.12 bits per heavy atom. The Morgan fingerprint density at radius 1 is 0.675 bits per heavy atom. The highest BCUT2D eigenvalue weighted by Gasteiger charge is 2.26. The Kier molecular flexibility index (Phi) is 6.03. The van der Waals surface area contributed by atoms with Crippen molar-refractivity contribution in [2.45, 2.75) is 52.4 Å². The normalized spacial score (nSPS) is 12.3. The van der Waals surface area contributed by atoms with Crippen LogP contribution in [0.25, 0.3) is 55.7 Å². The Bertz CT molecular complexity index is 1880. The minimum absolute atomic E-state index is 0.107. The number of phenols is 1. The van der Waals surface area contributed by atoms with Crippen LogP contribution < -0.4 is 0 Å². The van der Waals surface area contributed by atoms with Gasteiger partial charge in [-0.1, -0.05) is 90.1 Å². The van der Waals surface area contributed by atoms with Crippen LogP contribution in [0, 0.1) is 0 Å². The van der Waals surface area contributed by atoms with Crippen LogP contribution in [0.2, 0.25) is 0 Å². The summed E-state index contributed by atoms with van der Waals surface area (Å²) in [5, 5.41) is 12.8. The predicted octanol–water partition coefficient (Wildman–Crippen LogP) is 9.68. The Balaban J connectivity index is 1.64. The monoisotopic (exact) mass is 526 g/mol. The van der Waals surface area contributed by atoms with Gasteiger partial charge in [-0.25, -0.2) is 4.98 Å². The first kappa shape index (κ1) is 25.8. The van der Waals surface area contributed by atoms with Crippen LogP contribution in [0.5, 0.6) is 5.75 Å². The first-order valence-corrected chi connectivity index (χ1v) is 13.7. The second-order valence-electron chi connectivity index (χ2n) is 12.6. The van der Waals surface area contributed by atoms with Gasteiger partial charge in [0.25, 0.3) is 0 Å². The highest BCUT2D eigenvalue weighted by Crippen LogP contribution is 2.42. The van der Waals surface area contributed by atoms with E-state index in [1.165, 1.54) is 5.56 Å². The molecule has 0 atom stereocenters. The highest BCUT2D eigenvalue weighted by atomic mass is 16.3. The number of nitrogens with zero attached hydrogens (tertiary/aromatic N) is 2. The molecule has 0 fully saturated rings. The van der Waals surface area contributed by atoms with E-state index in [4.69, 9.17) is 14.4 Å². The third kappa shape index (κ3) is 4.64. The van der Waals surface area contributed by atoms with Crippen LogP contribution >= 0.6 is 0 Å². The van der Waals surface area contributed by atoms with Crippen molar-refractivity contribution in [2.75, 3.05) is 0 Å². The number of hydrogen-bond donors (Lipinski definition) is 1. The predicted molar refractivity (Wildman–Crippen MR) is 165 cm³/mol. The Morgan fingerprint density at radius 2 is 1.40 bits per heavy atom. The molecular weight excluding hydrogens is 492 g/mol. The summed E-state index contributed by atoms with van der Waals surface area (Å²) < 4.78 is 6.34. The first-order chi connectivity index (χ1) is 19.0. The lowest BCUT2D eigenvalue weighted by molar-refractivity contribution is 0.474. The molecule has 2 heterocycles.